The van der Waals surface area contributed by atoms with Crippen molar-refractivity contribution in [3.63, 3.8) is 0 Å². The van der Waals surface area contributed by atoms with Crippen molar-refractivity contribution in [1.29, 1.82) is 0 Å². The molecule has 1 atom stereocenters. The first-order chi connectivity index (χ1) is 14.4. The molecule has 1 saturated heterocycles. The smallest absolute Gasteiger partial charge is 0.295 e. The minimum absolute atomic E-state index is 0.132. The van der Waals surface area contributed by atoms with Crippen molar-refractivity contribution in [3.8, 4) is 5.75 Å². The van der Waals surface area contributed by atoms with Crippen LogP contribution in [0.1, 0.15) is 22.9 Å². The molecule has 7 heteroatoms. The van der Waals surface area contributed by atoms with Crippen molar-refractivity contribution in [2.24, 2.45) is 0 Å². The standard InChI is InChI=1S/C23H26N2O4S/c1-4-14-29-17-10-8-16(9-11-17)21(26)19-20(18-7-5-15-30-18)25(23(28)22(19)27)13-6-12-24(2)3/h4-5,7-11,15,20,26H,1,6,12-14H2,2-3H3/b21-19+. The quantitative estimate of drug-likeness (QED) is 0.287. The van der Waals surface area contributed by atoms with Gasteiger partial charge >= 0.3 is 0 Å². The zero-order valence-corrected chi connectivity index (χ0v) is 18.0. The molecule has 1 aliphatic heterocycles. The van der Waals surface area contributed by atoms with Gasteiger partial charge in [0.25, 0.3) is 11.7 Å². The Hall–Kier alpha value is -2.90. The van der Waals surface area contributed by atoms with Crippen LogP contribution in [0.5, 0.6) is 5.75 Å². The molecule has 1 aromatic heterocycles. The Morgan fingerprint density at radius 1 is 1.27 bits per heavy atom. The highest BCUT2D eigenvalue weighted by molar-refractivity contribution is 7.10. The van der Waals surface area contributed by atoms with Crippen molar-refractivity contribution in [3.05, 3.63) is 70.4 Å². The first-order valence-corrected chi connectivity index (χ1v) is 10.6. The average molecular weight is 427 g/mol. The van der Waals surface area contributed by atoms with E-state index in [9.17, 15) is 14.7 Å². The fourth-order valence-electron chi connectivity index (χ4n) is 3.43. The van der Waals surface area contributed by atoms with Crippen LogP contribution in [-0.2, 0) is 9.59 Å². The minimum atomic E-state index is -0.650. The van der Waals surface area contributed by atoms with Gasteiger partial charge in [-0.05, 0) is 62.8 Å². The van der Waals surface area contributed by atoms with Crippen LogP contribution < -0.4 is 4.74 Å². The second-order valence-corrected chi connectivity index (χ2v) is 8.27. The molecule has 0 aliphatic carbocycles. The summed E-state index contributed by atoms with van der Waals surface area (Å²) in [5, 5.41) is 12.9. The van der Waals surface area contributed by atoms with E-state index in [1.54, 1.807) is 35.2 Å². The molecule has 0 saturated carbocycles. The van der Waals surface area contributed by atoms with Gasteiger partial charge in [0, 0.05) is 17.0 Å². The topological polar surface area (TPSA) is 70.1 Å². The van der Waals surface area contributed by atoms with Gasteiger partial charge in [0.05, 0.1) is 11.6 Å². The summed E-state index contributed by atoms with van der Waals surface area (Å²) in [6.45, 7) is 5.23. The first kappa shape index (κ1) is 21.8. The number of aliphatic hydroxyl groups is 1. The van der Waals surface area contributed by atoms with Gasteiger partial charge < -0.3 is 19.6 Å². The highest BCUT2D eigenvalue weighted by atomic mass is 32.1. The fourth-order valence-corrected chi connectivity index (χ4v) is 4.28. The van der Waals surface area contributed by atoms with E-state index in [0.29, 0.717) is 24.5 Å². The first-order valence-electron chi connectivity index (χ1n) is 9.74. The summed E-state index contributed by atoms with van der Waals surface area (Å²) in [6.07, 6.45) is 2.38. The molecule has 1 unspecified atom stereocenters. The van der Waals surface area contributed by atoms with Crippen molar-refractivity contribution < 1.29 is 19.4 Å². The molecule has 158 valence electrons. The largest absolute Gasteiger partial charge is 0.507 e. The highest BCUT2D eigenvalue weighted by Gasteiger charge is 2.46. The Morgan fingerprint density at radius 2 is 2.00 bits per heavy atom. The van der Waals surface area contributed by atoms with Crippen molar-refractivity contribution in [2.45, 2.75) is 12.5 Å². The summed E-state index contributed by atoms with van der Waals surface area (Å²) in [5.74, 6) is -0.759. The number of thiophene rings is 1. The molecule has 0 radical (unpaired) electrons. The van der Waals surface area contributed by atoms with E-state index in [2.05, 4.69) is 6.58 Å². The third kappa shape index (κ3) is 4.63. The number of Topliss-reactive ketones (excluding diaryl/α,β-unsaturated/α-hetero) is 1. The van der Waals surface area contributed by atoms with E-state index < -0.39 is 17.7 Å². The number of nitrogens with zero attached hydrogens (tertiary/aromatic N) is 2. The number of hydrogen-bond donors (Lipinski definition) is 1. The number of carbonyl (C=O) groups excluding carboxylic acids is 2. The van der Waals surface area contributed by atoms with E-state index in [-0.39, 0.29) is 11.3 Å². The second-order valence-electron chi connectivity index (χ2n) is 7.29. The number of likely N-dealkylation sites (tertiary alicyclic amines) is 1. The molecule has 1 fully saturated rings. The van der Waals surface area contributed by atoms with E-state index in [1.165, 1.54) is 11.3 Å². The molecule has 2 heterocycles. The molecule has 30 heavy (non-hydrogen) atoms. The lowest BCUT2D eigenvalue weighted by atomic mass is 10.00. The maximum absolute atomic E-state index is 12.9. The number of hydrogen-bond acceptors (Lipinski definition) is 6. The zero-order chi connectivity index (χ0) is 21.7. The normalized spacial score (nSPS) is 18.2. The Morgan fingerprint density at radius 3 is 2.60 bits per heavy atom. The average Bonchev–Trinajstić information content (AvgIpc) is 3.34. The minimum Gasteiger partial charge on any atom is -0.507 e. The third-order valence-electron chi connectivity index (χ3n) is 4.85. The van der Waals surface area contributed by atoms with Gasteiger partial charge in [-0.15, -0.1) is 11.3 Å². The van der Waals surface area contributed by atoms with E-state index in [0.717, 1.165) is 17.8 Å². The molecule has 1 aliphatic rings. The lowest BCUT2D eigenvalue weighted by molar-refractivity contribution is -0.139. The van der Waals surface area contributed by atoms with Gasteiger partial charge in [-0.25, -0.2) is 0 Å². The molecule has 6 nitrogen and oxygen atoms in total. The third-order valence-corrected chi connectivity index (χ3v) is 5.78. The summed E-state index contributed by atoms with van der Waals surface area (Å²) in [4.78, 5) is 30.2. The number of carbonyl (C=O) groups is 2. The predicted molar refractivity (Wildman–Crippen MR) is 119 cm³/mol. The molecule has 1 aromatic carbocycles. The van der Waals surface area contributed by atoms with E-state index >= 15 is 0 Å². The van der Waals surface area contributed by atoms with Crippen molar-refractivity contribution in [1.82, 2.24) is 9.80 Å². The molecular weight excluding hydrogens is 400 g/mol. The Labute approximate surface area is 180 Å². The maximum atomic E-state index is 12.9. The van der Waals surface area contributed by atoms with Crippen LogP contribution >= 0.6 is 11.3 Å². The number of benzene rings is 1. The summed E-state index contributed by atoms with van der Waals surface area (Å²) < 4.78 is 5.47. The van der Waals surface area contributed by atoms with Crippen molar-refractivity contribution >= 4 is 28.8 Å². The predicted octanol–water partition coefficient (Wildman–Crippen LogP) is 3.69. The van der Waals surface area contributed by atoms with Gasteiger partial charge in [0.2, 0.25) is 0 Å². The molecular formula is C23H26N2O4S. The molecule has 2 aromatic rings. The molecule has 0 spiro atoms. The monoisotopic (exact) mass is 426 g/mol. The fraction of sp³-hybridized carbons (Fsp3) is 0.304. The molecule has 3 rings (SSSR count). The number of amides is 1. The van der Waals surface area contributed by atoms with Gasteiger partial charge in [-0.1, -0.05) is 18.7 Å². The highest BCUT2D eigenvalue weighted by Crippen LogP contribution is 2.41. The van der Waals surface area contributed by atoms with Crippen LogP contribution in [0.25, 0.3) is 5.76 Å². The van der Waals surface area contributed by atoms with E-state index in [4.69, 9.17) is 4.74 Å². The number of rotatable bonds is 9. The number of ketones is 1. The summed E-state index contributed by atoms with van der Waals surface area (Å²) in [7, 11) is 3.93. The van der Waals surface area contributed by atoms with Crippen LogP contribution in [0, 0.1) is 0 Å². The SMILES string of the molecule is C=CCOc1ccc(/C(O)=C2\C(=O)C(=O)N(CCCN(C)C)C2c2cccs2)cc1. The zero-order valence-electron chi connectivity index (χ0n) is 17.2. The molecule has 1 amide bonds. The van der Waals surface area contributed by atoms with Crippen LogP contribution in [0.2, 0.25) is 0 Å². The Balaban J connectivity index is 1.96. The lowest BCUT2D eigenvalue weighted by Crippen LogP contribution is -2.32. The van der Waals surface area contributed by atoms with Gasteiger partial charge in [-0.2, -0.15) is 0 Å². The van der Waals surface area contributed by atoms with Gasteiger partial charge in [0.15, 0.2) is 0 Å². The van der Waals surface area contributed by atoms with Gasteiger partial charge in [-0.3, -0.25) is 9.59 Å². The number of aliphatic hydroxyl groups excluding tert-OH is 1. The Kier molecular flexibility index (Phi) is 7.07. The summed E-state index contributed by atoms with van der Waals surface area (Å²) in [5.41, 5.74) is 0.598. The van der Waals surface area contributed by atoms with Crippen molar-refractivity contribution in [2.75, 3.05) is 33.8 Å². The summed E-state index contributed by atoms with van der Waals surface area (Å²) in [6, 6.07) is 9.98. The number of ether oxygens (including phenoxy) is 1. The maximum Gasteiger partial charge on any atom is 0.295 e. The van der Waals surface area contributed by atoms with Crippen LogP contribution in [0.3, 0.4) is 0 Å². The van der Waals surface area contributed by atoms with Crippen LogP contribution in [0.4, 0.5) is 0 Å². The van der Waals surface area contributed by atoms with E-state index in [1.807, 2.05) is 36.5 Å². The Bertz CT molecular complexity index is 933. The summed E-state index contributed by atoms with van der Waals surface area (Å²) >= 11 is 1.46. The second kappa shape index (κ2) is 9.73. The lowest BCUT2D eigenvalue weighted by Gasteiger charge is -2.24. The van der Waals surface area contributed by atoms with Gasteiger partial charge in [0.1, 0.15) is 18.1 Å². The van der Waals surface area contributed by atoms with Crippen LogP contribution in [-0.4, -0.2) is 60.4 Å². The molecule has 1 N–H and O–H groups in total. The van der Waals surface area contributed by atoms with Crippen LogP contribution in [0.15, 0.2) is 60.0 Å². The molecule has 0 bridgehead atoms.